The van der Waals surface area contributed by atoms with Gasteiger partial charge in [0.25, 0.3) is 0 Å². The van der Waals surface area contributed by atoms with Crippen LogP contribution in [-0.4, -0.2) is 4.98 Å². The second-order valence-electron chi connectivity index (χ2n) is 13.6. The summed E-state index contributed by atoms with van der Waals surface area (Å²) < 4.78 is 8.70. The molecule has 0 fully saturated rings. The molecule has 238 valence electrons. The van der Waals surface area contributed by atoms with Crippen LogP contribution in [0.25, 0.3) is 65.0 Å². The van der Waals surface area contributed by atoms with E-state index < -0.39 is 0 Å². The van der Waals surface area contributed by atoms with Gasteiger partial charge < -0.3 is 9.32 Å². The van der Waals surface area contributed by atoms with E-state index >= 15 is 0 Å². The number of para-hydroxylation sites is 2. The minimum Gasteiger partial charge on any atom is -0.436 e. The zero-order valence-corrected chi connectivity index (χ0v) is 28.5. The van der Waals surface area contributed by atoms with E-state index in [0.29, 0.717) is 5.89 Å². The van der Waals surface area contributed by atoms with E-state index in [9.17, 15) is 0 Å². The largest absolute Gasteiger partial charge is 0.436 e. The minimum absolute atomic E-state index is 0.0507. The quantitative estimate of drug-likeness (QED) is 0.184. The molecule has 1 aliphatic carbocycles. The monoisotopic (exact) mass is 660 g/mol. The summed E-state index contributed by atoms with van der Waals surface area (Å²) in [6.45, 7) is 4.67. The lowest BCUT2D eigenvalue weighted by atomic mass is 9.82. The Kier molecular flexibility index (Phi) is 6.39. The molecule has 0 saturated carbocycles. The van der Waals surface area contributed by atoms with E-state index in [1.54, 1.807) is 0 Å². The van der Waals surface area contributed by atoms with Crippen LogP contribution >= 0.6 is 11.3 Å². The molecule has 2 aromatic heterocycles. The van der Waals surface area contributed by atoms with Crippen molar-refractivity contribution < 1.29 is 4.42 Å². The molecule has 0 saturated heterocycles. The van der Waals surface area contributed by atoms with Crippen LogP contribution in [0.2, 0.25) is 0 Å². The lowest BCUT2D eigenvalue weighted by molar-refractivity contribution is 0.620. The Hall–Kier alpha value is -5.97. The maximum absolute atomic E-state index is 6.27. The number of nitrogens with zero attached hydrogens (tertiary/aromatic N) is 2. The zero-order chi connectivity index (χ0) is 33.4. The van der Waals surface area contributed by atoms with Gasteiger partial charge in [-0.25, -0.2) is 4.98 Å². The van der Waals surface area contributed by atoms with Gasteiger partial charge in [0.1, 0.15) is 5.52 Å². The van der Waals surface area contributed by atoms with E-state index in [0.717, 1.165) is 33.7 Å². The Labute approximate surface area is 294 Å². The summed E-state index contributed by atoms with van der Waals surface area (Å²) in [5.74, 6) is 0.654. The van der Waals surface area contributed by atoms with Crippen LogP contribution in [0.15, 0.2) is 162 Å². The third-order valence-corrected chi connectivity index (χ3v) is 11.4. The lowest BCUT2D eigenvalue weighted by Crippen LogP contribution is -2.15. The molecule has 1 aliphatic rings. The maximum Gasteiger partial charge on any atom is 0.227 e. The van der Waals surface area contributed by atoms with E-state index in [2.05, 4.69) is 152 Å². The average Bonchev–Trinajstić information content (AvgIpc) is 3.83. The molecule has 3 nitrogen and oxygen atoms in total. The molecule has 0 amide bonds. The molecule has 0 aliphatic heterocycles. The predicted molar refractivity (Wildman–Crippen MR) is 210 cm³/mol. The second kappa shape index (κ2) is 11.0. The summed E-state index contributed by atoms with van der Waals surface area (Å²) >= 11 is 1.81. The molecule has 4 heteroatoms. The molecular weight excluding hydrogens is 629 g/mol. The minimum atomic E-state index is -0.0507. The molecule has 0 radical (unpaired) electrons. The Bertz CT molecular complexity index is 2720. The van der Waals surface area contributed by atoms with Crippen LogP contribution < -0.4 is 4.90 Å². The summed E-state index contributed by atoms with van der Waals surface area (Å²) in [5, 5.41) is 2.38. The van der Waals surface area contributed by atoms with Crippen molar-refractivity contribution in [3.05, 3.63) is 169 Å². The molecule has 10 rings (SSSR count). The SMILES string of the molecule is CC1(C)c2ccccc2-c2cc(N(c3cccc(-c4ccccc4)c3)c3ccc4c(c3)sc3cccc(-c5nc6ccccc6o5)c34)ccc21. The van der Waals surface area contributed by atoms with Crippen molar-refractivity contribution in [2.45, 2.75) is 19.3 Å². The first-order valence-electron chi connectivity index (χ1n) is 17.0. The van der Waals surface area contributed by atoms with E-state index in [4.69, 9.17) is 9.40 Å². The molecule has 0 bridgehead atoms. The summed E-state index contributed by atoms with van der Waals surface area (Å²) in [7, 11) is 0. The molecule has 9 aromatic rings. The zero-order valence-electron chi connectivity index (χ0n) is 27.7. The van der Waals surface area contributed by atoms with Gasteiger partial charge in [0.2, 0.25) is 5.89 Å². The summed E-state index contributed by atoms with van der Waals surface area (Å²) in [5.41, 5.74) is 13.8. The number of fused-ring (bicyclic) bond motifs is 7. The smallest absolute Gasteiger partial charge is 0.227 e. The van der Waals surface area contributed by atoms with Crippen molar-refractivity contribution >= 4 is 59.7 Å². The highest BCUT2D eigenvalue weighted by atomic mass is 32.1. The number of hydrogen-bond donors (Lipinski definition) is 0. The molecule has 50 heavy (non-hydrogen) atoms. The van der Waals surface area contributed by atoms with Gasteiger partial charge in [0.15, 0.2) is 5.58 Å². The van der Waals surface area contributed by atoms with Crippen molar-refractivity contribution in [3.63, 3.8) is 0 Å². The normalized spacial score (nSPS) is 13.2. The van der Waals surface area contributed by atoms with Gasteiger partial charge in [-0.1, -0.05) is 111 Å². The van der Waals surface area contributed by atoms with Crippen molar-refractivity contribution in [2.75, 3.05) is 4.90 Å². The molecule has 0 spiro atoms. The number of thiophene rings is 1. The first-order valence-corrected chi connectivity index (χ1v) is 17.9. The second-order valence-corrected chi connectivity index (χ2v) is 14.7. The number of benzene rings is 7. The molecular formula is C46H32N2OS. The predicted octanol–water partition coefficient (Wildman–Crippen LogP) is 13.3. The van der Waals surface area contributed by atoms with E-state index in [1.165, 1.54) is 53.6 Å². The highest BCUT2D eigenvalue weighted by Gasteiger charge is 2.35. The van der Waals surface area contributed by atoms with E-state index in [1.807, 2.05) is 35.6 Å². The Balaban J connectivity index is 1.16. The van der Waals surface area contributed by atoms with Crippen molar-refractivity contribution in [2.24, 2.45) is 0 Å². The average molecular weight is 661 g/mol. The third-order valence-electron chi connectivity index (χ3n) is 10.3. The van der Waals surface area contributed by atoms with Gasteiger partial charge in [0, 0.05) is 48.2 Å². The third kappa shape index (κ3) is 4.45. The fourth-order valence-corrected chi connectivity index (χ4v) is 9.03. The number of rotatable bonds is 5. The number of anilines is 3. The van der Waals surface area contributed by atoms with Crippen LogP contribution in [0.5, 0.6) is 0 Å². The Morgan fingerprint density at radius 2 is 1.24 bits per heavy atom. The van der Waals surface area contributed by atoms with Gasteiger partial charge in [-0.3, -0.25) is 0 Å². The number of hydrogen-bond acceptors (Lipinski definition) is 4. The molecule has 0 N–H and O–H groups in total. The van der Waals surface area contributed by atoms with Gasteiger partial charge in [-0.05, 0) is 94.0 Å². The standard InChI is InChI=1S/C46H32N2OS/c1-46(2)38-18-7-6-16-34(38)37-27-32(23-25-39(37)46)48(31-15-10-14-30(26-31)29-12-4-3-5-13-29)33-22-24-35-43(28-33)50-42-21-11-17-36(44(35)42)45-47-40-19-8-9-20-41(40)49-45/h3-28H,1-2H3. The summed E-state index contributed by atoms with van der Waals surface area (Å²) in [4.78, 5) is 7.27. The van der Waals surface area contributed by atoms with Crippen LogP contribution in [0, 0.1) is 0 Å². The van der Waals surface area contributed by atoms with Crippen LogP contribution in [-0.2, 0) is 5.41 Å². The van der Waals surface area contributed by atoms with Gasteiger partial charge >= 0.3 is 0 Å². The maximum atomic E-state index is 6.27. The Morgan fingerprint density at radius 1 is 0.540 bits per heavy atom. The summed E-state index contributed by atoms with van der Waals surface area (Å²) in [6, 6.07) is 56.7. The van der Waals surface area contributed by atoms with Gasteiger partial charge in [0.05, 0.1) is 0 Å². The van der Waals surface area contributed by atoms with Crippen LogP contribution in [0.1, 0.15) is 25.0 Å². The fraction of sp³-hybridized carbons (Fsp3) is 0.0652. The van der Waals surface area contributed by atoms with Crippen LogP contribution in [0.4, 0.5) is 17.1 Å². The highest BCUT2D eigenvalue weighted by Crippen LogP contribution is 2.51. The lowest BCUT2D eigenvalue weighted by Gasteiger charge is -2.27. The summed E-state index contributed by atoms with van der Waals surface area (Å²) in [6.07, 6.45) is 0. The molecule has 0 atom stereocenters. The molecule has 7 aromatic carbocycles. The first-order chi connectivity index (χ1) is 24.5. The van der Waals surface area contributed by atoms with Crippen molar-refractivity contribution in [1.29, 1.82) is 0 Å². The molecule has 0 unspecified atom stereocenters. The molecule has 2 heterocycles. The van der Waals surface area contributed by atoms with Gasteiger partial charge in [-0.15, -0.1) is 11.3 Å². The van der Waals surface area contributed by atoms with Gasteiger partial charge in [-0.2, -0.15) is 0 Å². The number of oxazole rings is 1. The first kappa shape index (κ1) is 29.0. The van der Waals surface area contributed by atoms with Crippen molar-refractivity contribution in [1.82, 2.24) is 4.98 Å². The highest BCUT2D eigenvalue weighted by molar-refractivity contribution is 7.26. The van der Waals surface area contributed by atoms with E-state index in [-0.39, 0.29) is 5.41 Å². The topological polar surface area (TPSA) is 29.3 Å². The fourth-order valence-electron chi connectivity index (χ4n) is 7.87. The van der Waals surface area contributed by atoms with Crippen molar-refractivity contribution in [3.8, 4) is 33.7 Å². The number of aromatic nitrogens is 1. The Morgan fingerprint density at radius 3 is 2.14 bits per heavy atom. The van der Waals surface area contributed by atoms with Crippen LogP contribution in [0.3, 0.4) is 0 Å².